The molecule has 1 aliphatic carbocycles. The Morgan fingerprint density at radius 1 is 1.62 bits per heavy atom. The van der Waals surface area contributed by atoms with E-state index in [1.807, 2.05) is 0 Å². The number of carbonyl (C=O) groups is 1. The first kappa shape index (κ1) is 11.1. The highest BCUT2D eigenvalue weighted by Gasteiger charge is 2.22. The van der Waals surface area contributed by atoms with E-state index >= 15 is 0 Å². The Morgan fingerprint density at radius 3 is 3.12 bits per heavy atom. The second-order valence-corrected chi connectivity index (χ2v) is 4.40. The molecule has 5 heteroatoms. The quantitative estimate of drug-likeness (QED) is 0.683. The summed E-state index contributed by atoms with van der Waals surface area (Å²) < 4.78 is 0. The van der Waals surface area contributed by atoms with Crippen LogP contribution in [0.1, 0.15) is 25.0 Å². The van der Waals surface area contributed by atoms with Crippen LogP contribution in [0.4, 0.5) is 0 Å². The number of amides is 1. The molecule has 16 heavy (non-hydrogen) atoms. The molecule has 0 bridgehead atoms. The molecule has 2 rings (SSSR count). The summed E-state index contributed by atoms with van der Waals surface area (Å²) in [6.07, 6.45) is 4.48. The minimum absolute atomic E-state index is 0.00522. The van der Waals surface area contributed by atoms with Gasteiger partial charge in [0.15, 0.2) is 0 Å². The molecular formula is C11H17N3O2. The van der Waals surface area contributed by atoms with Gasteiger partial charge in [0.1, 0.15) is 0 Å². The van der Waals surface area contributed by atoms with Crippen LogP contribution in [0.15, 0.2) is 12.3 Å². The highest BCUT2D eigenvalue weighted by Crippen LogP contribution is 2.24. The van der Waals surface area contributed by atoms with Crippen LogP contribution < -0.4 is 5.32 Å². The van der Waals surface area contributed by atoms with E-state index in [0.717, 1.165) is 25.0 Å². The fraction of sp³-hybridized carbons (Fsp3) is 0.636. The Hall–Kier alpha value is -1.36. The van der Waals surface area contributed by atoms with Gasteiger partial charge in [0.2, 0.25) is 5.91 Å². The average molecular weight is 223 g/mol. The van der Waals surface area contributed by atoms with E-state index < -0.39 is 0 Å². The Kier molecular flexibility index (Phi) is 3.56. The second-order valence-electron chi connectivity index (χ2n) is 4.40. The van der Waals surface area contributed by atoms with E-state index in [-0.39, 0.29) is 12.0 Å². The lowest BCUT2D eigenvalue weighted by Gasteiger charge is -2.10. The van der Waals surface area contributed by atoms with Crippen LogP contribution in [-0.4, -0.2) is 33.9 Å². The number of nitrogens with zero attached hydrogens (tertiary/aromatic N) is 1. The minimum atomic E-state index is -0.172. The Bertz CT molecular complexity index is 337. The monoisotopic (exact) mass is 223 g/mol. The molecule has 1 aromatic heterocycles. The van der Waals surface area contributed by atoms with Gasteiger partial charge in [-0.05, 0) is 31.2 Å². The topological polar surface area (TPSA) is 78.0 Å². The van der Waals surface area contributed by atoms with Gasteiger partial charge in [-0.3, -0.25) is 9.89 Å². The van der Waals surface area contributed by atoms with Crippen LogP contribution in [0.3, 0.4) is 0 Å². The summed E-state index contributed by atoms with van der Waals surface area (Å²) in [6, 6.07) is 1.79. The zero-order valence-corrected chi connectivity index (χ0v) is 9.15. The molecule has 1 amide bonds. The first-order valence-corrected chi connectivity index (χ1v) is 5.67. The second kappa shape index (κ2) is 5.12. The number of rotatable bonds is 4. The largest absolute Gasteiger partial charge is 0.393 e. The molecule has 1 aliphatic rings. The molecule has 0 spiro atoms. The SMILES string of the molecule is O=C(Cc1ccn[nH]1)NCC1CCC(O)C1. The predicted molar refractivity (Wildman–Crippen MR) is 58.6 cm³/mol. The third kappa shape index (κ3) is 3.06. The van der Waals surface area contributed by atoms with Crippen molar-refractivity contribution >= 4 is 5.91 Å². The minimum Gasteiger partial charge on any atom is -0.393 e. The molecule has 1 saturated carbocycles. The molecule has 0 radical (unpaired) electrons. The van der Waals surface area contributed by atoms with E-state index in [1.165, 1.54) is 0 Å². The Labute approximate surface area is 94.2 Å². The molecule has 88 valence electrons. The lowest BCUT2D eigenvalue weighted by molar-refractivity contribution is -0.120. The van der Waals surface area contributed by atoms with Gasteiger partial charge in [-0.1, -0.05) is 0 Å². The molecule has 0 saturated heterocycles. The standard InChI is InChI=1S/C11H17N3O2/c15-10-2-1-8(5-10)7-12-11(16)6-9-3-4-13-14-9/h3-4,8,10,15H,1-2,5-7H2,(H,12,16)(H,13,14). The van der Waals surface area contributed by atoms with Gasteiger partial charge in [-0.15, -0.1) is 0 Å². The van der Waals surface area contributed by atoms with Gasteiger partial charge in [0.25, 0.3) is 0 Å². The molecule has 1 fully saturated rings. The summed E-state index contributed by atoms with van der Waals surface area (Å²) in [5.41, 5.74) is 0.823. The van der Waals surface area contributed by atoms with Gasteiger partial charge in [-0.25, -0.2) is 0 Å². The van der Waals surface area contributed by atoms with Crippen molar-refractivity contribution in [3.63, 3.8) is 0 Å². The number of aromatic amines is 1. The van der Waals surface area contributed by atoms with Gasteiger partial charge >= 0.3 is 0 Å². The molecule has 5 nitrogen and oxygen atoms in total. The van der Waals surface area contributed by atoms with Gasteiger partial charge in [-0.2, -0.15) is 5.10 Å². The normalized spacial score (nSPS) is 24.6. The van der Waals surface area contributed by atoms with E-state index in [2.05, 4.69) is 15.5 Å². The molecule has 1 aromatic rings. The summed E-state index contributed by atoms with van der Waals surface area (Å²) >= 11 is 0. The summed E-state index contributed by atoms with van der Waals surface area (Å²) in [5.74, 6) is 0.436. The van der Waals surface area contributed by atoms with Crippen LogP contribution in [0.5, 0.6) is 0 Å². The zero-order chi connectivity index (χ0) is 11.4. The van der Waals surface area contributed by atoms with E-state index in [9.17, 15) is 9.90 Å². The first-order valence-electron chi connectivity index (χ1n) is 5.67. The first-order chi connectivity index (χ1) is 7.74. The number of nitrogens with one attached hydrogen (secondary N) is 2. The fourth-order valence-corrected chi connectivity index (χ4v) is 2.11. The number of carbonyl (C=O) groups excluding carboxylic acids is 1. The van der Waals surface area contributed by atoms with Crippen molar-refractivity contribution in [1.29, 1.82) is 0 Å². The summed E-state index contributed by atoms with van der Waals surface area (Å²) in [4.78, 5) is 11.5. The maximum absolute atomic E-state index is 11.5. The molecule has 2 atom stereocenters. The van der Waals surface area contributed by atoms with Crippen molar-refractivity contribution in [1.82, 2.24) is 15.5 Å². The van der Waals surface area contributed by atoms with E-state index in [4.69, 9.17) is 0 Å². The van der Waals surface area contributed by atoms with Crippen molar-refractivity contribution in [2.24, 2.45) is 5.92 Å². The molecule has 1 heterocycles. The third-order valence-electron chi connectivity index (χ3n) is 3.01. The van der Waals surface area contributed by atoms with Gasteiger partial charge in [0, 0.05) is 18.4 Å². The average Bonchev–Trinajstić information content (AvgIpc) is 2.87. The van der Waals surface area contributed by atoms with Crippen LogP contribution in [0.2, 0.25) is 0 Å². The van der Waals surface area contributed by atoms with E-state index in [0.29, 0.717) is 18.9 Å². The zero-order valence-electron chi connectivity index (χ0n) is 9.15. The Morgan fingerprint density at radius 2 is 2.50 bits per heavy atom. The maximum atomic E-state index is 11.5. The molecule has 2 unspecified atom stereocenters. The number of aliphatic hydroxyl groups excluding tert-OH is 1. The number of hydrogen-bond donors (Lipinski definition) is 3. The molecule has 0 aliphatic heterocycles. The third-order valence-corrected chi connectivity index (χ3v) is 3.01. The van der Waals surface area contributed by atoms with Crippen LogP contribution in [-0.2, 0) is 11.2 Å². The highest BCUT2D eigenvalue weighted by atomic mass is 16.3. The van der Waals surface area contributed by atoms with Crippen molar-refractivity contribution < 1.29 is 9.90 Å². The number of aromatic nitrogens is 2. The van der Waals surface area contributed by atoms with Gasteiger partial charge in [0.05, 0.1) is 12.5 Å². The number of H-pyrrole nitrogens is 1. The molecule has 3 N–H and O–H groups in total. The maximum Gasteiger partial charge on any atom is 0.226 e. The predicted octanol–water partition coefficient (Wildman–Crippen LogP) is 0.229. The summed E-state index contributed by atoms with van der Waals surface area (Å²) in [6.45, 7) is 0.671. The summed E-state index contributed by atoms with van der Waals surface area (Å²) in [7, 11) is 0. The van der Waals surface area contributed by atoms with Crippen molar-refractivity contribution in [2.45, 2.75) is 31.8 Å². The smallest absolute Gasteiger partial charge is 0.226 e. The van der Waals surface area contributed by atoms with E-state index in [1.54, 1.807) is 12.3 Å². The van der Waals surface area contributed by atoms with Crippen molar-refractivity contribution in [3.8, 4) is 0 Å². The lowest BCUT2D eigenvalue weighted by atomic mass is 10.1. The fourth-order valence-electron chi connectivity index (χ4n) is 2.11. The lowest BCUT2D eigenvalue weighted by Crippen LogP contribution is -2.30. The number of hydrogen-bond acceptors (Lipinski definition) is 3. The number of aliphatic hydroxyl groups is 1. The van der Waals surface area contributed by atoms with Crippen LogP contribution >= 0.6 is 0 Å². The van der Waals surface area contributed by atoms with Crippen molar-refractivity contribution in [2.75, 3.05) is 6.54 Å². The van der Waals surface area contributed by atoms with Gasteiger partial charge < -0.3 is 10.4 Å². The molecule has 0 aromatic carbocycles. The van der Waals surface area contributed by atoms with Crippen LogP contribution in [0, 0.1) is 5.92 Å². The van der Waals surface area contributed by atoms with Crippen LogP contribution in [0.25, 0.3) is 0 Å². The Balaban J connectivity index is 1.68. The highest BCUT2D eigenvalue weighted by molar-refractivity contribution is 5.78. The molecular weight excluding hydrogens is 206 g/mol. The summed E-state index contributed by atoms with van der Waals surface area (Å²) in [5, 5.41) is 18.8. The van der Waals surface area contributed by atoms with Crippen molar-refractivity contribution in [3.05, 3.63) is 18.0 Å².